The van der Waals surface area contributed by atoms with Gasteiger partial charge in [0.25, 0.3) is 0 Å². The van der Waals surface area contributed by atoms with Gasteiger partial charge in [0.1, 0.15) is 0 Å². The van der Waals surface area contributed by atoms with E-state index in [4.69, 9.17) is 0 Å². The number of ketones is 1. The third-order valence-electron chi connectivity index (χ3n) is 5.90. The lowest BCUT2D eigenvalue weighted by molar-refractivity contribution is 0.103. The molecule has 0 N–H and O–H groups in total. The summed E-state index contributed by atoms with van der Waals surface area (Å²) >= 11 is 0. The van der Waals surface area contributed by atoms with Crippen molar-refractivity contribution >= 4 is 29.3 Å². The number of hydrogen-bond acceptors (Lipinski definition) is 3. The van der Waals surface area contributed by atoms with Crippen molar-refractivity contribution in [3.63, 3.8) is 0 Å². The van der Waals surface area contributed by atoms with Crippen LogP contribution in [0.3, 0.4) is 0 Å². The summed E-state index contributed by atoms with van der Waals surface area (Å²) in [5, 5.41) is 0. The maximum atomic E-state index is 13.7. The summed E-state index contributed by atoms with van der Waals surface area (Å²) in [4.78, 5) is 18.4. The molecule has 2 aromatic carbocycles. The van der Waals surface area contributed by atoms with Crippen LogP contribution >= 0.6 is 0 Å². The van der Waals surface area contributed by atoms with Crippen LogP contribution in [0.4, 0.5) is 11.4 Å². The fourth-order valence-electron chi connectivity index (χ4n) is 4.32. The Morgan fingerprint density at radius 1 is 0.714 bits per heavy atom. The van der Waals surface area contributed by atoms with Crippen LogP contribution in [0.2, 0.25) is 0 Å². The molecule has 0 amide bonds. The molecule has 0 unspecified atom stereocenters. The first kappa shape index (κ1) is 18.5. The Labute approximate surface area is 168 Å². The molecule has 2 aliphatic heterocycles. The molecule has 2 aliphatic rings. The molecule has 0 aromatic heterocycles. The number of benzene rings is 2. The Morgan fingerprint density at radius 2 is 1.11 bits per heavy atom. The van der Waals surface area contributed by atoms with Crippen molar-refractivity contribution in [1.29, 1.82) is 0 Å². The van der Waals surface area contributed by atoms with E-state index in [0.29, 0.717) is 0 Å². The van der Waals surface area contributed by atoms with Crippen LogP contribution in [0, 0.1) is 0 Å². The number of anilines is 2. The summed E-state index contributed by atoms with van der Waals surface area (Å²) in [6.07, 6.45) is 8.42. The lowest BCUT2D eigenvalue weighted by atomic mass is 9.96. The molecule has 2 saturated heterocycles. The standard InChI is InChI=1S/C25H28N2O/c1-3-19-9-11-21(23(17-19)26-13-5-6-14-26)25(28)22-12-10-20(4-2)18-24(22)27-15-7-8-16-27/h3-4,9-12,17-18H,1-2,5-8,13-16H2. The second kappa shape index (κ2) is 8.05. The third kappa shape index (κ3) is 3.49. The van der Waals surface area contributed by atoms with Crippen LogP contribution < -0.4 is 9.80 Å². The Morgan fingerprint density at radius 3 is 1.46 bits per heavy atom. The van der Waals surface area contributed by atoms with E-state index in [-0.39, 0.29) is 5.78 Å². The first-order valence-electron chi connectivity index (χ1n) is 10.3. The Kier molecular flexibility index (Phi) is 5.34. The second-order valence-corrected chi connectivity index (χ2v) is 7.68. The van der Waals surface area contributed by atoms with Crippen LogP contribution in [0.25, 0.3) is 12.2 Å². The van der Waals surface area contributed by atoms with Gasteiger partial charge in [-0.05, 0) is 61.1 Å². The highest BCUT2D eigenvalue weighted by atomic mass is 16.1. The average molecular weight is 373 g/mol. The number of hydrogen-bond donors (Lipinski definition) is 0. The van der Waals surface area contributed by atoms with E-state index in [0.717, 1.165) is 59.8 Å². The topological polar surface area (TPSA) is 23.6 Å². The van der Waals surface area contributed by atoms with Gasteiger partial charge in [0, 0.05) is 48.7 Å². The summed E-state index contributed by atoms with van der Waals surface area (Å²) < 4.78 is 0. The molecule has 4 rings (SSSR count). The van der Waals surface area contributed by atoms with E-state index in [9.17, 15) is 4.79 Å². The molecule has 2 heterocycles. The highest BCUT2D eigenvalue weighted by molar-refractivity contribution is 6.15. The smallest absolute Gasteiger partial charge is 0.197 e. The molecule has 3 nitrogen and oxygen atoms in total. The summed E-state index contributed by atoms with van der Waals surface area (Å²) in [6.45, 7) is 11.8. The van der Waals surface area contributed by atoms with Crippen LogP contribution in [0.15, 0.2) is 49.6 Å². The van der Waals surface area contributed by atoms with Gasteiger partial charge in [-0.3, -0.25) is 4.79 Å². The monoisotopic (exact) mass is 372 g/mol. The zero-order chi connectivity index (χ0) is 19.5. The van der Waals surface area contributed by atoms with Crippen LogP contribution in [0.5, 0.6) is 0 Å². The fourth-order valence-corrected chi connectivity index (χ4v) is 4.32. The van der Waals surface area contributed by atoms with Crippen molar-refractivity contribution in [3.8, 4) is 0 Å². The SMILES string of the molecule is C=Cc1ccc(C(=O)c2ccc(C=C)cc2N2CCCC2)c(N2CCCC2)c1. The number of carbonyl (C=O) groups excluding carboxylic acids is 1. The van der Waals surface area contributed by atoms with E-state index in [2.05, 4.69) is 35.1 Å². The zero-order valence-electron chi connectivity index (χ0n) is 16.5. The van der Waals surface area contributed by atoms with Gasteiger partial charge in [-0.15, -0.1) is 0 Å². The minimum Gasteiger partial charge on any atom is -0.371 e. The first-order valence-corrected chi connectivity index (χ1v) is 10.3. The molecular formula is C25H28N2O. The van der Waals surface area contributed by atoms with Crippen LogP contribution in [-0.2, 0) is 0 Å². The lowest BCUT2D eigenvalue weighted by Crippen LogP contribution is -2.23. The van der Waals surface area contributed by atoms with Gasteiger partial charge in [0.2, 0.25) is 0 Å². The van der Waals surface area contributed by atoms with Gasteiger partial charge in [-0.25, -0.2) is 0 Å². The molecule has 28 heavy (non-hydrogen) atoms. The molecule has 2 fully saturated rings. The fraction of sp³-hybridized carbons (Fsp3) is 0.320. The van der Waals surface area contributed by atoms with Gasteiger partial charge in [0.05, 0.1) is 0 Å². The largest absolute Gasteiger partial charge is 0.371 e. The van der Waals surface area contributed by atoms with Gasteiger partial charge in [-0.2, -0.15) is 0 Å². The third-order valence-corrected chi connectivity index (χ3v) is 5.90. The Balaban J connectivity index is 1.79. The maximum Gasteiger partial charge on any atom is 0.197 e. The van der Waals surface area contributed by atoms with Crippen molar-refractivity contribution in [1.82, 2.24) is 0 Å². The van der Waals surface area contributed by atoms with Crippen LogP contribution in [-0.4, -0.2) is 32.0 Å². The summed E-state index contributed by atoms with van der Waals surface area (Å²) in [7, 11) is 0. The van der Waals surface area contributed by atoms with Crippen molar-refractivity contribution in [2.45, 2.75) is 25.7 Å². The van der Waals surface area contributed by atoms with E-state index < -0.39 is 0 Å². The van der Waals surface area contributed by atoms with E-state index in [1.54, 1.807) is 0 Å². The van der Waals surface area contributed by atoms with Gasteiger partial charge < -0.3 is 9.80 Å². The summed E-state index contributed by atoms with van der Waals surface area (Å²) in [5.74, 6) is 0.107. The predicted molar refractivity (Wildman–Crippen MR) is 119 cm³/mol. The van der Waals surface area contributed by atoms with E-state index >= 15 is 0 Å². The molecule has 0 radical (unpaired) electrons. The number of rotatable bonds is 6. The lowest BCUT2D eigenvalue weighted by Gasteiger charge is -2.24. The van der Waals surface area contributed by atoms with Crippen LogP contribution in [0.1, 0.15) is 52.7 Å². The minimum absolute atomic E-state index is 0.107. The second-order valence-electron chi connectivity index (χ2n) is 7.68. The van der Waals surface area contributed by atoms with Crippen molar-refractivity contribution in [2.75, 3.05) is 36.0 Å². The molecular weight excluding hydrogens is 344 g/mol. The molecule has 0 bridgehead atoms. The number of carbonyl (C=O) groups is 1. The van der Waals surface area contributed by atoms with Crippen molar-refractivity contribution < 1.29 is 4.79 Å². The van der Waals surface area contributed by atoms with E-state index in [1.807, 2.05) is 36.4 Å². The van der Waals surface area contributed by atoms with Crippen molar-refractivity contribution in [2.24, 2.45) is 0 Å². The zero-order valence-corrected chi connectivity index (χ0v) is 16.5. The Hall–Kier alpha value is -2.81. The van der Waals surface area contributed by atoms with Gasteiger partial charge >= 0.3 is 0 Å². The molecule has 0 saturated carbocycles. The first-order chi connectivity index (χ1) is 13.7. The van der Waals surface area contributed by atoms with Gasteiger partial charge in [0.15, 0.2) is 5.78 Å². The summed E-state index contributed by atoms with van der Waals surface area (Å²) in [6, 6.07) is 12.2. The highest BCUT2D eigenvalue weighted by Crippen LogP contribution is 2.33. The molecule has 144 valence electrons. The van der Waals surface area contributed by atoms with Gasteiger partial charge in [-0.1, -0.05) is 37.4 Å². The maximum absolute atomic E-state index is 13.7. The highest BCUT2D eigenvalue weighted by Gasteiger charge is 2.25. The number of nitrogens with zero attached hydrogens (tertiary/aromatic N) is 2. The molecule has 0 aliphatic carbocycles. The van der Waals surface area contributed by atoms with E-state index in [1.165, 1.54) is 25.7 Å². The quantitative estimate of drug-likeness (QED) is 0.634. The minimum atomic E-state index is 0.107. The van der Waals surface area contributed by atoms with Crippen molar-refractivity contribution in [3.05, 3.63) is 71.8 Å². The molecule has 2 aromatic rings. The normalized spacial score (nSPS) is 16.4. The molecule has 0 atom stereocenters. The molecule has 3 heteroatoms. The summed E-state index contributed by atoms with van der Waals surface area (Å²) in [5.41, 5.74) is 5.78. The predicted octanol–water partition coefficient (Wildman–Crippen LogP) is 5.40. The molecule has 0 spiro atoms. The Bertz CT molecular complexity index is 829. The average Bonchev–Trinajstić information content (AvgIpc) is 3.46.